The summed E-state index contributed by atoms with van der Waals surface area (Å²) >= 11 is 0. The van der Waals surface area contributed by atoms with Gasteiger partial charge in [-0.05, 0) is 89.8 Å². The van der Waals surface area contributed by atoms with E-state index in [1.54, 1.807) is 12.1 Å². The smallest absolute Gasteiger partial charge is 0.355 e. The highest BCUT2D eigenvalue weighted by molar-refractivity contribution is 5.97. The first kappa shape index (κ1) is 34.2. The number of ether oxygens (including phenoxy) is 2. The fourth-order valence-electron chi connectivity index (χ4n) is 4.78. The van der Waals surface area contributed by atoms with Gasteiger partial charge in [0, 0.05) is 52.7 Å². The standard InChI is InChI=1S/C17H22N2O4.C17H24N2O2/c1-11(2)10-18-14-7-6-13(19(21)22)8-12(14)9-15(18)16(20)23-17(3,4)5;1-11(2)10-19-14-7-6-13(18)8-12(14)9-15(19)16(20)21-17(3,4)5/h6-9,11H,10H2,1-5H3;6-9,11H,10,18H2,1-5H3. The summed E-state index contributed by atoms with van der Waals surface area (Å²) in [4.78, 5) is 35.4. The van der Waals surface area contributed by atoms with Crippen molar-refractivity contribution >= 4 is 45.1 Å². The summed E-state index contributed by atoms with van der Waals surface area (Å²) in [6.07, 6.45) is 0. The molecule has 0 aliphatic rings. The van der Waals surface area contributed by atoms with Gasteiger partial charge in [0.25, 0.3) is 5.69 Å². The zero-order valence-corrected chi connectivity index (χ0v) is 27.6. The van der Waals surface area contributed by atoms with Gasteiger partial charge in [-0.1, -0.05) is 27.7 Å². The van der Waals surface area contributed by atoms with Crippen LogP contribution in [0.3, 0.4) is 0 Å². The summed E-state index contributed by atoms with van der Waals surface area (Å²) < 4.78 is 14.9. The molecule has 10 heteroatoms. The Morgan fingerprint density at radius 1 is 0.750 bits per heavy atom. The number of nitrogens with zero attached hydrogens (tertiary/aromatic N) is 3. The molecular formula is C34H46N4O6. The van der Waals surface area contributed by atoms with Gasteiger partial charge in [-0.25, -0.2) is 9.59 Å². The Balaban J connectivity index is 0.000000241. The van der Waals surface area contributed by atoms with E-state index >= 15 is 0 Å². The first-order valence-electron chi connectivity index (χ1n) is 14.9. The van der Waals surface area contributed by atoms with Crippen LogP contribution in [0.25, 0.3) is 21.8 Å². The van der Waals surface area contributed by atoms with Gasteiger partial charge in [0.1, 0.15) is 22.6 Å². The summed E-state index contributed by atoms with van der Waals surface area (Å²) in [5.74, 6) is 0.0382. The molecule has 0 fully saturated rings. The second-order valence-corrected chi connectivity index (χ2v) is 13.9. The van der Waals surface area contributed by atoms with E-state index < -0.39 is 22.1 Å². The van der Waals surface area contributed by atoms with Gasteiger partial charge in [0.15, 0.2) is 0 Å². The molecule has 0 saturated carbocycles. The second kappa shape index (κ2) is 13.1. The van der Waals surface area contributed by atoms with E-state index in [1.165, 1.54) is 12.1 Å². The first-order valence-corrected chi connectivity index (χ1v) is 14.9. The van der Waals surface area contributed by atoms with Crippen LogP contribution in [-0.4, -0.2) is 37.2 Å². The number of nitro benzene ring substituents is 1. The third-order valence-corrected chi connectivity index (χ3v) is 6.33. The number of hydrogen-bond acceptors (Lipinski definition) is 7. The Hall–Kier alpha value is -4.34. The molecule has 10 nitrogen and oxygen atoms in total. The third kappa shape index (κ3) is 8.84. The quantitative estimate of drug-likeness (QED) is 0.0976. The van der Waals surface area contributed by atoms with Crippen LogP contribution in [0.4, 0.5) is 11.4 Å². The summed E-state index contributed by atoms with van der Waals surface area (Å²) in [6.45, 7) is 20.8. The lowest BCUT2D eigenvalue weighted by Gasteiger charge is -2.20. The molecule has 0 aliphatic heterocycles. The van der Waals surface area contributed by atoms with Crippen LogP contribution < -0.4 is 5.73 Å². The van der Waals surface area contributed by atoms with Crippen molar-refractivity contribution in [2.24, 2.45) is 11.8 Å². The van der Waals surface area contributed by atoms with Crippen LogP contribution >= 0.6 is 0 Å². The number of carbonyl (C=O) groups excluding carboxylic acids is 2. The number of rotatable bonds is 7. The molecule has 44 heavy (non-hydrogen) atoms. The monoisotopic (exact) mass is 606 g/mol. The van der Waals surface area contributed by atoms with Crippen LogP contribution in [0, 0.1) is 22.0 Å². The Kier molecular flexibility index (Phi) is 10.2. The number of carbonyl (C=O) groups is 2. The highest BCUT2D eigenvalue weighted by atomic mass is 16.6. The van der Waals surface area contributed by atoms with Gasteiger partial charge < -0.3 is 24.3 Å². The lowest BCUT2D eigenvalue weighted by molar-refractivity contribution is -0.384. The van der Waals surface area contributed by atoms with Crippen molar-refractivity contribution < 1.29 is 24.0 Å². The van der Waals surface area contributed by atoms with Crippen molar-refractivity contribution in [3.63, 3.8) is 0 Å². The molecule has 0 atom stereocenters. The average Bonchev–Trinajstić information content (AvgIpc) is 3.39. The summed E-state index contributed by atoms with van der Waals surface area (Å²) in [5.41, 5.74) is 8.25. The lowest BCUT2D eigenvalue weighted by atomic mass is 10.2. The maximum atomic E-state index is 12.5. The number of nitrogens with two attached hydrogens (primary N) is 1. The largest absolute Gasteiger partial charge is 0.455 e. The van der Waals surface area contributed by atoms with Crippen LogP contribution in [0.1, 0.15) is 90.2 Å². The Bertz CT molecular complexity index is 1660. The van der Waals surface area contributed by atoms with Crippen molar-refractivity contribution in [3.8, 4) is 0 Å². The molecule has 0 aliphatic carbocycles. The third-order valence-electron chi connectivity index (χ3n) is 6.33. The van der Waals surface area contributed by atoms with Crippen molar-refractivity contribution in [1.29, 1.82) is 0 Å². The minimum atomic E-state index is -0.595. The topological polar surface area (TPSA) is 132 Å². The van der Waals surface area contributed by atoms with Gasteiger partial charge in [0.2, 0.25) is 0 Å². The molecule has 2 aromatic carbocycles. The maximum Gasteiger partial charge on any atom is 0.355 e. The normalized spacial score (nSPS) is 12.0. The predicted octanol–water partition coefficient (Wildman–Crippen LogP) is 8.00. The number of aromatic nitrogens is 2. The Morgan fingerprint density at radius 2 is 1.16 bits per heavy atom. The summed E-state index contributed by atoms with van der Waals surface area (Å²) in [6, 6.07) is 13.9. The van der Waals surface area contributed by atoms with Gasteiger partial charge in [-0.2, -0.15) is 0 Å². The molecular weight excluding hydrogens is 560 g/mol. The molecule has 4 rings (SSSR count). The number of non-ortho nitro benzene ring substituents is 1. The molecule has 2 N–H and O–H groups in total. The summed E-state index contributed by atoms with van der Waals surface area (Å²) in [7, 11) is 0. The number of anilines is 1. The molecule has 4 aromatic rings. The molecule has 0 bridgehead atoms. The van der Waals surface area contributed by atoms with Crippen molar-refractivity contribution in [2.45, 2.75) is 93.5 Å². The van der Waals surface area contributed by atoms with Crippen molar-refractivity contribution in [3.05, 3.63) is 70.0 Å². The van der Waals surface area contributed by atoms with Crippen molar-refractivity contribution in [2.75, 3.05) is 5.73 Å². The number of fused-ring (bicyclic) bond motifs is 2. The highest BCUT2D eigenvalue weighted by Crippen LogP contribution is 2.28. The molecule has 0 radical (unpaired) electrons. The number of benzene rings is 2. The van der Waals surface area contributed by atoms with Crippen LogP contribution in [0.5, 0.6) is 0 Å². The zero-order chi connectivity index (χ0) is 33.1. The SMILES string of the molecule is CC(C)Cn1c(C(=O)OC(C)(C)C)cc2cc(N)ccc21.CC(C)Cn1c(C(=O)OC(C)(C)C)cc2cc([N+](=O)[O-])ccc21. The number of hydrogen-bond donors (Lipinski definition) is 1. The minimum absolute atomic E-state index is 0.00920. The van der Waals surface area contributed by atoms with E-state index in [1.807, 2.05) is 74.9 Å². The molecule has 238 valence electrons. The van der Waals surface area contributed by atoms with Gasteiger partial charge in [-0.15, -0.1) is 0 Å². The Labute approximate surface area is 259 Å². The Morgan fingerprint density at radius 3 is 1.55 bits per heavy atom. The fraction of sp³-hybridized carbons (Fsp3) is 0.471. The van der Waals surface area contributed by atoms with Gasteiger partial charge in [-0.3, -0.25) is 10.1 Å². The van der Waals surface area contributed by atoms with Crippen LogP contribution in [0.15, 0.2) is 48.5 Å². The van der Waals surface area contributed by atoms with Gasteiger partial charge in [0.05, 0.1) is 4.92 Å². The molecule has 0 saturated heterocycles. The number of nitrogen functional groups attached to an aromatic ring is 1. The molecule has 0 spiro atoms. The van der Waals surface area contributed by atoms with Crippen LogP contribution in [0.2, 0.25) is 0 Å². The summed E-state index contributed by atoms with van der Waals surface area (Å²) in [5, 5.41) is 12.6. The number of nitro groups is 1. The molecule has 0 amide bonds. The second-order valence-electron chi connectivity index (χ2n) is 13.9. The maximum absolute atomic E-state index is 12.5. The van der Waals surface area contributed by atoms with E-state index in [0.717, 1.165) is 23.0 Å². The zero-order valence-electron chi connectivity index (χ0n) is 27.6. The predicted molar refractivity (Wildman–Crippen MR) is 175 cm³/mol. The van der Waals surface area contributed by atoms with E-state index in [9.17, 15) is 19.7 Å². The van der Waals surface area contributed by atoms with E-state index in [2.05, 4.69) is 27.7 Å². The lowest BCUT2D eigenvalue weighted by Crippen LogP contribution is -2.25. The fourth-order valence-corrected chi connectivity index (χ4v) is 4.78. The average molecular weight is 607 g/mol. The molecule has 2 aromatic heterocycles. The minimum Gasteiger partial charge on any atom is -0.455 e. The number of esters is 2. The molecule has 2 heterocycles. The van der Waals surface area contributed by atoms with Crippen molar-refractivity contribution in [1.82, 2.24) is 9.13 Å². The van der Waals surface area contributed by atoms with E-state index in [4.69, 9.17) is 15.2 Å². The van der Waals surface area contributed by atoms with E-state index in [0.29, 0.717) is 40.8 Å². The van der Waals surface area contributed by atoms with Crippen LogP contribution in [-0.2, 0) is 22.6 Å². The first-order chi connectivity index (χ1) is 20.3. The highest BCUT2D eigenvalue weighted by Gasteiger charge is 2.24. The van der Waals surface area contributed by atoms with E-state index in [-0.39, 0.29) is 11.7 Å². The molecule has 0 unspecified atom stereocenters. The van der Waals surface area contributed by atoms with Gasteiger partial charge >= 0.3 is 11.9 Å².